The molecule has 0 aliphatic carbocycles. The number of likely N-dealkylation sites (tertiary alicyclic amines) is 2. The van der Waals surface area contributed by atoms with Crippen LogP contribution < -0.4 is 0 Å². The van der Waals surface area contributed by atoms with E-state index >= 15 is 0 Å². The highest BCUT2D eigenvalue weighted by atomic mass is 19.1. The number of hydrogen-bond donors (Lipinski definition) is 2. The summed E-state index contributed by atoms with van der Waals surface area (Å²) in [5.41, 5.74) is 1.14. The average molecular weight is 380 g/mol. The first-order chi connectivity index (χ1) is 12.9. The lowest BCUT2D eigenvalue weighted by molar-refractivity contribution is -0.159. The Labute approximate surface area is 157 Å². The van der Waals surface area contributed by atoms with Crippen molar-refractivity contribution in [1.82, 2.24) is 9.80 Å². The predicted octanol–water partition coefficient (Wildman–Crippen LogP) is 1.82. The van der Waals surface area contributed by atoms with E-state index in [4.69, 9.17) is 19.8 Å². The zero-order chi connectivity index (χ0) is 19.8. The Morgan fingerprint density at radius 3 is 1.93 bits per heavy atom. The lowest BCUT2D eigenvalue weighted by Crippen LogP contribution is -2.41. The molecular weight excluding hydrogens is 355 g/mol. The minimum atomic E-state index is -1.82. The monoisotopic (exact) mass is 380 g/mol. The van der Waals surface area contributed by atoms with Gasteiger partial charge in [0.1, 0.15) is 5.82 Å². The van der Waals surface area contributed by atoms with E-state index in [9.17, 15) is 9.18 Å². The molecule has 2 aliphatic rings. The van der Waals surface area contributed by atoms with E-state index in [0.29, 0.717) is 5.91 Å². The third-order valence-corrected chi connectivity index (χ3v) is 4.86. The van der Waals surface area contributed by atoms with Crippen LogP contribution in [0.1, 0.15) is 31.2 Å². The molecule has 0 spiro atoms. The van der Waals surface area contributed by atoms with Crippen molar-refractivity contribution < 1.29 is 29.0 Å². The van der Waals surface area contributed by atoms with Gasteiger partial charge in [0.15, 0.2) is 0 Å². The number of carbonyl (C=O) groups is 3. The molecule has 0 atom stereocenters. The number of amides is 1. The fourth-order valence-electron chi connectivity index (χ4n) is 3.38. The maximum Gasteiger partial charge on any atom is 0.414 e. The van der Waals surface area contributed by atoms with Crippen LogP contribution in [0, 0.1) is 11.7 Å². The first-order valence-corrected chi connectivity index (χ1v) is 9.08. The van der Waals surface area contributed by atoms with Gasteiger partial charge in [-0.15, -0.1) is 0 Å². The molecule has 1 amide bonds. The van der Waals surface area contributed by atoms with Gasteiger partial charge in [0.05, 0.1) is 0 Å². The van der Waals surface area contributed by atoms with Gasteiger partial charge in [0.2, 0.25) is 5.91 Å². The molecule has 27 heavy (non-hydrogen) atoms. The van der Waals surface area contributed by atoms with Gasteiger partial charge in [-0.05, 0) is 56.5 Å². The Balaban J connectivity index is 0.000000380. The molecule has 2 heterocycles. The lowest BCUT2D eigenvalue weighted by atomic mass is 9.95. The Kier molecular flexibility index (Phi) is 7.72. The molecule has 7 nitrogen and oxygen atoms in total. The second-order valence-electron chi connectivity index (χ2n) is 6.82. The van der Waals surface area contributed by atoms with E-state index in [0.717, 1.165) is 64.0 Å². The standard InChI is InChI=1S/C17H23FN2O.C2H2O4/c18-16-5-3-14(4-6-16)13-19-11-7-15(8-12-19)17(21)20-9-1-2-10-20;3-1(4)2(5)6/h3-6,15H,1-2,7-13H2;(H,3,4)(H,5,6). The van der Waals surface area contributed by atoms with Crippen molar-refractivity contribution in [2.24, 2.45) is 5.92 Å². The molecule has 148 valence electrons. The van der Waals surface area contributed by atoms with E-state index < -0.39 is 11.9 Å². The molecule has 3 rings (SSSR count). The van der Waals surface area contributed by atoms with Crippen LogP contribution in [0.15, 0.2) is 24.3 Å². The number of aliphatic carboxylic acids is 2. The highest BCUT2D eigenvalue weighted by molar-refractivity contribution is 6.27. The highest BCUT2D eigenvalue weighted by Gasteiger charge is 2.29. The first kappa shape index (κ1) is 20.8. The molecule has 2 saturated heterocycles. The summed E-state index contributed by atoms with van der Waals surface area (Å²) in [6, 6.07) is 6.71. The van der Waals surface area contributed by atoms with E-state index in [1.54, 1.807) is 0 Å². The van der Waals surface area contributed by atoms with Gasteiger partial charge in [-0.25, -0.2) is 14.0 Å². The SMILES string of the molecule is O=C(C1CCN(Cc2ccc(F)cc2)CC1)N1CCCC1.O=C(O)C(=O)O. The number of piperidine rings is 1. The number of benzene rings is 1. The summed E-state index contributed by atoms with van der Waals surface area (Å²) in [7, 11) is 0. The normalized spacial score (nSPS) is 17.9. The second-order valence-corrected chi connectivity index (χ2v) is 6.82. The first-order valence-electron chi connectivity index (χ1n) is 9.08. The number of carbonyl (C=O) groups excluding carboxylic acids is 1. The number of nitrogens with zero attached hydrogens (tertiary/aromatic N) is 2. The fraction of sp³-hybridized carbons (Fsp3) is 0.526. The third-order valence-electron chi connectivity index (χ3n) is 4.86. The Hall–Kier alpha value is -2.48. The summed E-state index contributed by atoms with van der Waals surface area (Å²) in [6.45, 7) is 4.68. The van der Waals surface area contributed by atoms with Gasteiger partial charge < -0.3 is 15.1 Å². The number of carboxylic acid groups (broad SMARTS) is 2. The van der Waals surface area contributed by atoms with E-state index in [2.05, 4.69) is 4.90 Å². The fourth-order valence-corrected chi connectivity index (χ4v) is 3.38. The van der Waals surface area contributed by atoms with Gasteiger partial charge >= 0.3 is 11.9 Å². The third kappa shape index (κ3) is 6.63. The quantitative estimate of drug-likeness (QED) is 0.776. The molecule has 0 unspecified atom stereocenters. The summed E-state index contributed by atoms with van der Waals surface area (Å²) < 4.78 is 12.9. The van der Waals surface area contributed by atoms with Crippen LogP contribution in [0.2, 0.25) is 0 Å². The molecule has 0 saturated carbocycles. The van der Waals surface area contributed by atoms with Crippen molar-refractivity contribution >= 4 is 17.8 Å². The lowest BCUT2D eigenvalue weighted by Gasteiger charge is -2.33. The van der Waals surface area contributed by atoms with Gasteiger partial charge in [-0.3, -0.25) is 9.69 Å². The summed E-state index contributed by atoms with van der Waals surface area (Å²) in [5.74, 6) is -3.25. The van der Waals surface area contributed by atoms with Crippen molar-refractivity contribution in [2.75, 3.05) is 26.2 Å². The molecule has 2 fully saturated rings. The van der Waals surface area contributed by atoms with Crippen LogP contribution in [0.5, 0.6) is 0 Å². The van der Waals surface area contributed by atoms with Crippen LogP contribution in [-0.2, 0) is 20.9 Å². The van der Waals surface area contributed by atoms with Gasteiger partial charge in [0.25, 0.3) is 0 Å². The number of rotatable bonds is 3. The Morgan fingerprint density at radius 2 is 1.44 bits per heavy atom. The zero-order valence-corrected chi connectivity index (χ0v) is 15.1. The predicted molar refractivity (Wildman–Crippen MR) is 95.5 cm³/mol. The molecule has 1 aromatic rings. The smallest absolute Gasteiger partial charge is 0.414 e. The summed E-state index contributed by atoms with van der Waals surface area (Å²) in [4.78, 5) is 35.0. The van der Waals surface area contributed by atoms with Crippen LogP contribution >= 0.6 is 0 Å². The van der Waals surface area contributed by atoms with Gasteiger partial charge in [0, 0.05) is 25.6 Å². The average Bonchev–Trinajstić information content (AvgIpc) is 3.19. The Bertz CT molecular complexity index is 639. The van der Waals surface area contributed by atoms with Crippen LogP contribution in [0.3, 0.4) is 0 Å². The number of carboxylic acids is 2. The van der Waals surface area contributed by atoms with E-state index in [1.807, 2.05) is 17.0 Å². The second kappa shape index (κ2) is 10.0. The molecule has 0 aromatic heterocycles. The maximum atomic E-state index is 12.9. The van der Waals surface area contributed by atoms with Crippen molar-refractivity contribution in [2.45, 2.75) is 32.2 Å². The molecule has 8 heteroatoms. The zero-order valence-electron chi connectivity index (χ0n) is 15.1. The molecule has 1 aromatic carbocycles. The Morgan fingerprint density at radius 1 is 0.926 bits per heavy atom. The molecule has 0 bridgehead atoms. The summed E-state index contributed by atoms with van der Waals surface area (Å²) in [5, 5.41) is 14.8. The van der Waals surface area contributed by atoms with Crippen LogP contribution in [-0.4, -0.2) is 64.0 Å². The largest absolute Gasteiger partial charge is 0.473 e. The molecule has 2 N–H and O–H groups in total. The molecule has 0 radical (unpaired) electrons. The molecule has 2 aliphatic heterocycles. The van der Waals surface area contributed by atoms with Gasteiger partial charge in [-0.2, -0.15) is 0 Å². The van der Waals surface area contributed by atoms with Crippen molar-refractivity contribution in [3.8, 4) is 0 Å². The van der Waals surface area contributed by atoms with E-state index in [-0.39, 0.29) is 11.7 Å². The number of hydrogen-bond acceptors (Lipinski definition) is 4. The maximum absolute atomic E-state index is 12.9. The summed E-state index contributed by atoms with van der Waals surface area (Å²) >= 11 is 0. The van der Waals surface area contributed by atoms with Crippen molar-refractivity contribution in [3.05, 3.63) is 35.6 Å². The summed E-state index contributed by atoms with van der Waals surface area (Å²) in [6.07, 6.45) is 4.23. The van der Waals surface area contributed by atoms with Crippen molar-refractivity contribution in [1.29, 1.82) is 0 Å². The van der Waals surface area contributed by atoms with Crippen molar-refractivity contribution in [3.63, 3.8) is 0 Å². The minimum Gasteiger partial charge on any atom is -0.473 e. The van der Waals surface area contributed by atoms with Gasteiger partial charge in [-0.1, -0.05) is 12.1 Å². The highest BCUT2D eigenvalue weighted by Crippen LogP contribution is 2.23. The number of halogens is 1. The van der Waals surface area contributed by atoms with Crippen LogP contribution in [0.25, 0.3) is 0 Å². The van der Waals surface area contributed by atoms with E-state index in [1.165, 1.54) is 12.1 Å². The molecular formula is C19H25FN2O5. The topological polar surface area (TPSA) is 98.2 Å². The van der Waals surface area contributed by atoms with Crippen LogP contribution in [0.4, 0.5) is 4.39 Å². The minimum absolute atomic E-state index is 0.186.